The lowest BCUT2D eigenvalue weighted by atomic mass is 9.96. The number of aromatic nitrogens is 2. The van der Waals surface area contributed by atoms with E-state index in [2.05, 4.69) is 15.6 Å². The monoisotopic (exact) mass is 352 g/mol. The second-order valence-electron chi connectivity index (χ2n) is 6.55. The molecule has 0 bridgehead atoms. The molecule has 4 N–H and O–H groups in total. The first-order chi connectivity index (χ1) is 12.1. The van der Waals surface area contributed by atoms with Gasteiger partial charge in [0.25, 0.3) is 0 Å². The summed E-state index contributed by atoms with van der Waals surface area (Å²) in [6, 6.07) is 1.30. The van der Waals surface area contributed by atoms with Crippen LogP contribution >= 0.6 is 0 Å². The molecule has 0 radical (unpaired) electrons. The molecule has 0 spiro atoms. The average Bonchev–Trinajstić information content (AvgIpc) is 2.96. The summed E-state index contributed by atoms with van der Waals surface area (Å²) in [5.74, 6) is 0.159. The third-order valence-electron chi connectivity index (χ3n) is 4.71. The van der Waals surface area contributed by atoms with Gasteiger partial charge in [-0.1, -0.05) is 19.3 Å². The Hall–Kier alpha value is -1.97. The molecular formula is C16H24N4O5. The fraction of sp³-hybridized carbons (Fsp3) is 0.688. The van der Waals surface area contributed by atoms with E-state index in [1.165, 1.54) is 23.3 Å². The Labute approximate surface area is 145 Å². The molecule has 1 aliphatic heterocycles. The van der Waals surface area contributed by atoms with Crippen molar-refractivity contribution in [2.24, 2.45) is 0 Å². The van der Waals surface area contributed by atoms with E-state index in [0.717, 1.165) is 25.7 Å². The van der Waals surface area contributed by atoms with Crippen molar-refractivity contribution in [3.63, 3.8) is 0 Å². The molecule has 2 fully saturated rings. The Morgan fingerprint density at radius 1 is 1.36 bits per heavy atom. The average molecular weight is 352 g/mol. The summed E-state index contributed by atoms with van der Waals surface area (Å²) >= 11 is 0. The van der Waals surface area contributed by atoms with Gasteiger partial charge in [0.2, 0.25) is 0 Å². The summed E-state index contributed by atoms with van der Waals surface area (Å²) < 4.78 is 6.67. The van der Waals surface area contributed by atoms with Gasteiger partial charge in [-0.3, -0.25) is 9.88 Å². The van der Waals surface area contributed by atoms with E-state index >= 15 is 0 Å². The van der Waals surface area contributed by atoms with Crippen LogP contribution in [0.1, 0.15) is 44.8 Å². The van der Waals surface area contributed by atoms with Crippen LogP contribution in [0, 0.1) is 0 Å². The van der Waals surface area contributed by atoms with Gasteiger partial charge in [0.15, 0.2) is 0 Å². The SMILES string of the molecule is O=C(Nc1ccn([C@H]2C[C@H](O)[C@@H](CO)O2)c(=O)n1)NC1CCCCC1. The van der Waals surface area contributed by atoms with Gasteiger partial charge in [0.1, 0.15) is 18.1 Å². The van der Waals surface area contributed by atoms with Crippen LogP contribution in [-0.4, -0.2) is 50.7 Å². The number of anilines is 1. The van der Waals surface area contributed by atoms with Crippen LogP contribution in [0.4, 0.5) is 10.6 Å². The van der Waals surface area contributed by atoms with Crippen LogP contribution in [0.15, 0.2) is 17.1 Å². The number of aliphatic hydroxyl groups is 2. The van der Waals surface area contributed by atoms with E-state index in [1.807, 2.05) is 0 Å². The van der Waals surface area contributed by atoms with E-state index in [-0.39, 0.29) is 30.9 Å². The van der Waals surface area contributed by atoms with Crippen LogP contribution in [-0.2, 0) is 4.74 Å². The zero-order chi connectivity index (χ0) is 17.8. The molecule has 1 saturated heterocycles. The molecule has 2 heterocycles. The Kier molecular flexibility index (Phi) is 5.67. The fourth-order valence-corrected chi connectivity index (χ4v) is 3.34. The molecule has 138 valence electrons. The largest absolute Gasteiger partial charge is 0.394 e. The smallest absolute Gasteiger partial charge is 0.351 e. The van der Waals surface area contributed by atoms with E-state index < -0.39 is 24.1 Å². The molecule has 0 unspecified atom stereocenters. The number of nitrogens with zero attached hydrogens (tertiary/aromatic N) is 2. The molecule has 3 atom stereocenters. The van der Waals surface area contributed by atoms with E-state index in [4.69, 9.17) is 9.84 Å². The van der Waals surface area contributed by atoms with Crippen molar-refractivity contribution in [2.75, 3.05) is 11.9 Å². The second kappa shape index (κ2) is 7.94. The Morgan fingerprint density at radius 3 is 2.76 bits per heavy atom. The topological polar surface area (TPSA) is 126 Å². The van der Waals surface area contributed by atoms with Gasteiger partial charge in [-0.15, -0.1) is 0 Å². The lowest BCUT2D eigenvalue weighted by molar-refractivity contribution is -0.0458. The third kappa shape index (κ3) is 4.36. The maximum absolute atomic E-state index is 12.2. The summed E-state index contributed by atoms with van der Waals surface area (Å²) in [7, 11) is 0. The molecule has 2 amide bonds. The Balaban J connectivity index is 1.60. The highest BCUT2D eigenvalue weighted by Gasteiger charge is 2.34. The summed E-state index contributed by atoms with van der Waals surface area (Å²) in [5.41, 5.74) is -0.591. The Morgan fingerprint density at radius 2 is 2.12 bits per heavy atom. The second-order valence-corrected chi connectivity index (χ2v) is 6.55. The third-order valence-corrected chi connectivity index (χ3v) is 4.71. The van der Waals surface area contributed by atoms with Gasteiger partial charge < -0.3 is 20.3 Å². The standard InChI is InChI=1S/C16H24N4O5/c21-9-12-11(22)8-14(25-12)20-7-6-13(19-16(20)24)18-15(23)17-10-4-2-1-3-5-10/h6-7,10-12,14,21-22H,1-5,8-9H2,(H2,17,18,19,23,24)/t11-,12+,14+/m0/s1. The molecule has 1 saturated carbocycles. The number of carbonyl (C=O) groups is 1. The lowest BCUT2D eigenvalue weighted by Gasteiger charge is -2.22. The van der Waals surface area contributed by atoms with Gasteiger partial charge >= 0.3 is 11.7 Å². The Bertz CT molecular complexity index is 658. The van der Waals surface area contributed by atoms with Crippen molar-refractivity contribution < 1.29 is 19.7 Å². The highest BCUT2D eigenvalue weighted by molar-refractivity contribution is 5.88. The predicted octanol–water partition coefficient (Wildman–Crippen LogP) is 0.338. The highest BCUT2D eigenvalue weighted by atomic mass is 16.5. The van der Waals surface area contributed by atoms with Crippen molar-refractivity contribution in [1.82, 2.24) is 14.9 Å². The number of rotatable bonds is 4. The van der Waals surface area contributed by atoms with Crippen molar-refractivity contribution >= 4 is 11.8 Å². The normalized spacial score (nSPS) is 27.2. The molecule has 1 aromatic rings. The number of hydrogen-bond acceptors (Lipinski definition) is 6. The first-order valence-corrected chi connectivity index (χ1v) is 8.68. The molecule has 0 aromatic carbocycles. The molecule has 1 aromatic heterocycles. The van der Waals surface area contributed by atoms with Crippen LogP contribution in [0.2, 0.25) is 0 Å². The van der Waals surface area contributed by atoms with Gasteiger partial charge in [-0.05, 0) is 18.9 Å². The molecule has 2 aliphatic rings. The van der Waals surface area contributed by atoms with Crippen LogP contribution < -0.4 is 16.3 Å². The molecular weight excluding hydrogens is 328 g/mol. The van der Waals surface area contributed by atoms with Gasteiger partial charge in [0.05, 0.1) is 12.7 Å². The minimum atomic E-state index is -0.832. The van der Waals surface area contributed by atoms with Crippen molar-refractivity contribution in [3.05, 3.63) is 22.7 Å². The maximum atomic E-state index is 12.2. The zero-order valence-electron chi connectivity index (χ0n) is 13.9. The van der Waals surface area contributed by atoms with Gasteiger partial charge in [-0.2, -0.15) is 4.98 Å². The first kappa shape index (κ1) is 17.8. The predicted molar refractivity (Wildman–Crippen MR) is 89.1 cm³/mol. The van der Waals surface area contributed by atoms with E-state index in [0.29, 0.717) is 0 Å². The van der Waals surface area contributed by atoms with Crippen molar-refractivity contribution in [3.8, 4) is 0 Å². The van der Waals surface area contributed by atoms with Crippen LogP contribution in [0.3, 0.4) is 0 Å². The quantitative estimate of drug-likeness (QED) is 0.619. The minimum absolute atomic E-state index is 0.159. The summed E-state index contributed by atoms with van der Waals surface area (Å²) in [4.78, 5) is 28.0. The number of urea groups is 1. The molecule has 9 heteroatoms. The fourth-order valence-electron chi connectivity index (χ4n) is 3.34. The lowest BCUT2D eigenvalue weighted by Crippen LogP contribution is -2.39. The van der Waals surface area contributed by atoms with Gasteiger partial charge in [-0.25, -0.2) is 9.59 Å². The molecule has 9 nitrogen and oxygen atoms in total. The first-order valence-electron chi connectivity index (χ1n) is 8.68. The minimum Gasteiger partial charge on any atom is -0.394 e. The summed E-state index contributed by atoms with van der Waals surface area (Å²) in [5, 5.41) is 24.3. The number of amides is 2. The summed E-state index contributed by atoms with van der Waals surface area (Å²) in [6.45, 7) is -0.319. The van der Waals surface area contributed by atoms with E-state index in [1.54, 1.807) is 0 Å². The molecule has 25 heavy (non-hydrogen) atoms. The molecule has 1 aliphatic carbocycles. The van der Waals surface area contributed by atoms with E-state index in [9.17, 15) is 14.7 Å². The van der Waals surface area contributed by atoms with Crippen molar-refractivity contribution in [1.29, 1.82) is 0 Å². The van der Waals surface area contributed by atoms with Gasteiger partial charge in [0, 0.05) is 18.7 Å². The highest BCUT2D eigenvalue weighted by Crippen LogP contribution is 2.27. The zero-order valence-corrected chi connectivity index (χ0v) is 13.9. The number of carbonyl (C=O) groups excluding carboxylic acids is 1. The number of nitrogens with one attached hydrogen (secondary N) is 2. The number of hydrogen-bond donors (Lipinski definition) is 4. The maximum Gasteiger partial charge on any atom is 0.351 e. The van der Waals surface area contributed by atoms with Crippen LogP contribution in [0.5, 0.6) is 0 Å². The van der Waals surface area contributed by atoms with Crippen LogP contribution in [0.25, 0.3) is 0 Å². The number of aliphatic hydroxyl groups excluding tert-OH is 2. The summed E-state index contributed by atoms with van der Waals surface area (Å²) in [6.07, 6.45) is 4.79. The number of ether oxygens (including phenoxy) is 1. The van der Waals surface area contributed by atoms with Crippen molar-refractivity contribution in [2.45, 2.75) is 63.0 Å². The molecule has 3 rings (SSSR count).